The van der Waals surface area contributed by atoms with Gasteiger partial charge >= 0.3 is 5.97 Å². The van der Waals surface area contributed by atoms with Gasteiger partial charge in [-0.15, -0.1) is 0 Å². The molecule has 2 N–H and O–H groups in total. The quantitative estimate of drug-likeness (QED) is 0.317. The number of hydrogen-bond donors (Lipinski definition) is 2. The Bertz CT molecular complexity index is 1280. The number of amides is 1. The number of methoxy groups -OCH3 is 1. The number of hydrazone groups is 1. The third-order valence-corrected chi connectivity index (χ3v) is 5.58. The minimum absolute atomic E-state index is 0.0268. The zero-order chi connectivity index (χ0) is 24.7. The predicted molar refractivity (Wildman–Crippen MR) is 124 cm³/mol. The Labute approximate surface area is 202 Å². The number of carboxylic acid groups (broad SMARTS) is 1. The highest BCUT2D eigenvalue weighted by Crippen LogP contribution is 2.30. The molecule has 11 heteroatoms. The lowest BCUT2D eigenvalue weighted by Gasteiger charge is -2.13. The second-order valence-electron chi connectivity index (χ2n) is 6.88. The van der Waals surface area contributed by atoms with Crippen LogP contribution in [0.4, 0.5) is 0 Å². The number of aromatic carboxylic acids is 1. The molecule has 2 aromatic heterocycles. The number of aryl methyl sites for hydroxylation is 1. The van der Waals surface area contributed by atoms with Gasteiger partial charge in [0, 0.05) is 22.7 Å². The molecule has 1 aromatic carbocycles. The minimum atomic E-state index is -1.01. The molecule has 0 unspecified atom stereocenters. The Morgan fingerprint density at radius 2 is 2.03 bits per heavy atom. The summed E-state index contributed by atoms with van der Waals surface area (Å²) in [7, 11) is 1.51. The number of nitrogens with one attached hydrogen (secondary N) is 1. The Morgan fingerprint density at radius 1 is 1.29 bits per heavy atom. The Hall–Kier alpha value is -4.01. The van der Waals surface area contributed by atoms with Gasteiger partial charge in [0.15, 0.2) is 6.61 Å². The van der Waals surface area contributed by atoms with E-state index < -0.39 is 18.5 Å². The maximum Gasteiger partial charge on any atom is 0.335 e. The van der Waals surface area contributed by atoms with Crippen LogP contribution in [0.25, 0.3) is 11.3 Å². The highest BCUT2D eigenvalue weighted by atomic mass is 79.9. The molecule has 0 saturated heterocycles. The Kier molecular flexibility index (Phi) is 8.13. The zero-order valence-corrected chi connectivity index (χ0v) is 19.7. The van der Waals surface area contributed by atoms with Gasteiger partial charge in [-0.3, -0.25) is 4.79 Å². The summed E-state index contributed by atoms with van der Waals surface area (Å²) >= 11 is 3.39. The van der Waals surface area contributed by atoms with Crippen LogP contribution in [-0.2, 0) is 16.1 Å². The van der Waals surface area contributed by atoms with Crippen LogP contribution < -0.4 is 10.2 Å². The van der Waals surface area contributed by atoms with E-state index in [9.17, 15) is 14.9 Å². The number of carboxylic acids is 1. The molecule has 3 aromatic rings. The van der Waals surface area contributed by atoms with E-state index in [1.807, 2.05) is 6.07 Å². The first-order chi connectivity index (χ1) is 16.3. The zero-order valence-electron chi connectivity index (χ0n) is 18.2. The molecule has 0 spiro atoms. The van der Waals surface area contributed by atoms with Gasteiger partial charge in [-0.05, 0) is 47.1 Å². The SMILES string of the molecule is COCc1c(Br)c(C)nc(OCC(=O)NN=Cc2ccc(-c3ccc(C(=O)O)cc3)o2)c1C#N. The van der Waals surface area contributed by atoms with E-state index in [0.29, 0.717) is 32.8 Å². The minimum Gasteiger partial charge on any atom is -0.478 e. The number of nitriles is 1. The lowest BCUT2D eigenvalue weighted by Crippen LogP contribution is -2.25. The van der Waals surface area contributed by atoms with Gasteiger partial charge in [0.05, 0.1) is 24.1 Å². The van der Waals surface area contributed by atoms with Crippen molar-refractivity contribution in [3.63, 3.8) is 0 Å². The first-order valence-electron chi connectivity index (χ1n) is 9.80. The van der Waals surface area contributed by atoms with Crippen molar-refractivity contribution in [1.82, 2.24) is 10.4 Å². The summed E-state index contributed by atoms with van der Waals surface area (Å²) < 4.78 is 16.8. The van der Waals surface area contributed by atoms with Gasteiger partial charge in [-0.25, -0.2) is 15.2 Å². The number of rotatable bonds is 9. The number of carbonyl (C=O) groups excluding carboxylic acids is 1. The van der Waals surface area contributed by atoms with Crippen LogP contribution in [0, 0.1) is 18.3 Å². The summed E-state index contributed by atoms with van der Waals surface area (Å²) in [5.41, 5.74) is 4.52. The molecular weight excluding hydrogens is 508 g/mol. The third-order valence-electron chi connectivity index (χ3n) is 4.53. The smallest absolute Gasteiger partial charge is 0.335 e. The largest absolute Gasteiger partial charge is 0.478 e. The van der Waals surface area contributed by atoms with Crippen molar-refractivity contribution in [3.05, 3.63) is 69.0 Å². The number of benzene rings is 1. The van der Waals surface area contributed by atoms with Crippen LogP contribution in [0.1, 0.15) is 32.9 Å². The summed E-state index contributed by atoms with van der Waals surface area (Å²) in [6.45, 7) is 1.50. The monoisotopic (exact) mass is 526 g/mol. The van der Waals surface area contributed by atoms with Crippen molar-refractivity contribution >= 4 is 34.0 Å². The van der Waals surface area contributed by atoms with Crippen molar-refractivity contribution in [1.29, 1.82) is 5.26 Å². The number of pyridine rings is 1. The standard InChI is InChI=1S/C23H19BrN4O6/c1-13-21(24)18(11-32-2)17(9-25)22(27-13)33-12-20(29)28-26-10-16-7-8-19(34-16)14-3-5-15(6-4-14)23(30)31/h3-8,10H,11-12H2,1-2H3,(H,28,29)(H,30,31). The fourth-order valence-corrected chi connectivity index (χ4v) is 3.30. The molecule has 0 atom stereocenters. The number of hydrogen-bond acceptors (Lipinski definition) is 8. The molecule has 0 aliphatic rings. The summed E-state index contributed by atoms with van der Waals surface area (Å²) in [6.07, 6.45) is 1.31. The molecule has 3 rings (SSSR count). The van der Waals surface area contributed by atoms with Crippen LogP contribution in [0.3, 0.4) is 0 Å². The molecule has 2 heterocycles. The molecule has 10 nitrogen and oxygen atoms in total. The third kappa shape index (κ3) is 5.86. The van der Waals surface area contributed by atoms with Crippen molar-refractivity contribution in [3.8, 4) is 23.3 Å². The van der Waals surface area contributed by atoms with Gasteiger partial charge in [-0.1, -0.05) is 12.1 Å². The predicted octanol–water partition coefficient (Wildman–Crippen LogP) is 3.66. The van der Waals surface area contributed by atoms with E-state index >= 15 is 0 Å². The number of furan rings is 1. The average Bonchev–Trinajstić information content (AvgIpc) is 3.30. The van der Waals surface area contributed by atoms with Gasteiger partial charge < -0.3 is 19.0 Å². The van der Waals surface area contributed by atoms with Crippen LogP contribution in [0.5, 0.6) is 5.88 Å². The Balaban J connectivity index is 1.59. The molecule has 0 aliphatic carbocycles. The summed E-state index contributed by atoms with van der Waals surface area (Å²) in [4.78, 5) is 27.3. The van der Waals surface area contributed by atoms with Gasteiger partial charge in [0.25, 0.3) is 5.91 Å². The molecule has 34 heavy (non-hydrogen) atoms. The van der Waals surface area contributed by atoms with E-state index in [2.05, 4.69) is 31.4 Å². The highest BCUT2D eigenvalue weighted by molar-refractivity contribution is 9.10. The molecule has 0 aliphatic heterocycles. The molecule has 0 bridgehead atoms. The Morgan fingerprint density at radius 3 is 2.68 bits per heavy atom. The fourth-order valence-electron chi connectivity index (χ4n) is 2.90. The van der Waals surface area contributed by atoms with E-state index in [1.54, 1.807) is 31.2 Å². The summed E-state index contributed by atoms with van der Waals surface area (Å²) in [5, 5.41) is 22.3. The maximum absolute atomic E-state index is 12.1. The van der Waals surface area contributed by atoms with E-state index in [0.717, 1.165) is 0 Å². The van der Waals surface area contributed by atoms with Crippen molar-refractivity contribution in [2.24, 2.45) is 5.10 Å². The molecule has 0 saturated carbocycles. The summed E-state index contributed by atoms with van der Waals surface area (Å²) in [5.74, 6) is -0.657. The van der Waals surface area contributed by atoms with Crippen LogP contribution >= 0.6 is 15.9 Å². The van der Waals surface area contributed by atoms with E-state index in [1.165, 1.54) is 25.5 Å². The maximum atomic E-state index is 12.1. The van der Waals surface area contributed by atoms with Crippen LogP contribution in [0.2, 0.25) is 0 Å². The average molecular weight is 527 g/mol. The molecule has 1 amide bonds. The molecule has 174 valence electrons. The lowest BCUT2D eigenvalue weighted by molar-refractivity contribution is -0.123. The molecule has 0 radical (unpaired) electrons. The fraction of sp³-hybridized carbons (Fsp3) is 0.174. The molecule has 0 fully saturated rings. The number of halogens is 1. The second kappa shape index (κ2) is 11.2. The van der Waals surface area contributed by atoms with E-state index in [-0.39, 0.29) is 23.6 Å². The first-order valence-corrected chi connectivity index (χ1v) is 10.6. The number of ether oxygens (including phenoxy) is 2. The molecular formula is C23H19BrN4O6. The van der Waals surface area contributed by atoms with Gasteiger partial charge in [-0.2, -0.15) is 10.4 Å². The van der Waals surface area contributed by atoms with Crippen molar-refractivity contribution in [2.45, 2.75) is 13.5 Å². The van der Waals surface area contributed by atoms with Gasteiger partial charge in [0.2, 0.25) is 5.88 Å². The van der Waals surface area contributed by atoms with Crippen LogP contribution in [0.15, 0.2) is 50.4 Å². The second-order valence-corrected chi connectivity index (χ2v) is 7.67. The van der Waals surface area contributed by atoms with Crippen molar-refractivity contribution < 1.29 is 28.6 Å². The normalized spacial score (nSPS) is 10.8. The highest BCUT2D eigenvalue weighted by Gasteiger charge is 2.18. The van der Waals surface area contributed by atoms with Crippen LogP contribution in [-0.4, -0.2) is 41.9 Å². The number of carbonyl (C=O) groups is 2. The van der Waals surface area contributed by atoms with Crippen molar-refractivity contribution in [2.75, 3.05) is 13.7 Å². The van der Waals surface area contributed by atoms with E-state index in [4.69, 9.17) is 19.0 Å². The first kappa shape index (κ1) is 24.6. The lowest BCUT2D eigenvalue weighted by atomic mass is 10.1. The topological polar surface area (TPSA) is 147 Å². The number of aromatic nitrogens is 1. The number of nitrogens with zero attached hydrogens (tertiary/aromatic N) is 3. The summed E-state index contributed by atoms with van der Waals surface area (Å²) in [6, 6.07) is 11.6. The van der Waals surface area contributed by atoms with Gasteiger partial charge in [0.1, 0.15) is 23.2 Å².